The summed E-state index contributed by atoms with van der Waals surface area (Å²) in [6, 6.07) is 14.5. The summed E-state index contributed by atoms with van der Waals surface area (Å²) in [5.74, 6) is 5.83. The van der Waals surface area contributed by atoms with Gasteiger partial charge in [0.1, 0.15) is 0 Å². The minimum Gasteiger partial charge on any atom is -0.493 e. The second-order valence-electron chi connectivity index (χ2n) is 17.3. The first-order chi connectivity index (χ1) is 29.5. The lowest BCUT2D eigenvalue weighted by molar-refractivity contribution is 0.285. The molecule has 0 saturated carbocycles. The maximum absolute atomic E-state index is 6.28. The summed E-state index contributed by atoms with van der Waals surface area (Å²) >= 11 is 0. The van der Waals surface area contributed by atoms with Crippen LogP contribution in [-0.4, -0.2) is 77.2 Å². The van der Waals surface area contributed by atoms with Crippen LogP contribution in [0.2, 0.25) is 0 Å². The Morgan fingerprint density at radius 1 is 0.439 bits per heavy atom. The first-order valence-electron chi connectivity index (χ1n) is 23.7. The number of ether oxygens (including phenoxy) is 6. The van der Waals surface area contributed by atoms with Crippen LogP contribution in [0.15, 0.2) is 36.4 Å². The third-order valence-electron chi connectivity index (χ3n) is 13.1. The molecule has 0 bridgehead atoms. The Labute approximate surface area is 415 Å². The number of rotatable bonds is 26. The molecule has 0 aromatic heterocycles. The van der Waals surface area contributed by atoms with Crippen molar-refractivity contribution in [2.75, 3.05) is 60.8 Å². The summed E-state index contributed by atoms with van der Waals surface area (Å²) in [6.45, 7) is 11.7. The molecule has 12 nitrogen and oxygen atoms in total. The number of halogens is 3. The van der Waals surface area contributed by atoms with Gasteiger partial charge >= 0.3 is 0 Å². The van der Waals surface area contributed by atoms with Crippen molar-refractivity contribution in [1.82, 2.24) is 16.0 Å². The van der Waals surface area contributed by atoms with Gasteiger partial charge in [-0.05, 0) is 166 Å². The van der Waals surface area contributed by atoms with Crippen LogP contribution >= 0.6 is 37.2 Å². The van der Waals surface area contributed by atoms with Crippen molar-refractivity contribution in [3.05, 3.63) is 69.8 Å². The lowest BCUT2D eigenvalue weighted by Crippen LogP contribution is -2.31. The molecule has 380 valence electrons. The molecule has 3 heterocycles. The van der Waals surface area contributed by atoms with E-state index < -0.39 is 0 Å². The summed E-state index contributed by atoms with van der Waals surface area (Å²) in [5, 5.41) is 11.7. The maximum Gasteiger partial charge on any atom is 0.161 e. The molecule has 0 radical (unpaired) electrons. The van der Waals surface area contributed by atoms with Crippen LogP contribution in [0.3, 0.4) is 0 Å². The number of unbranched alkanes of at least 4 members (excludes halogenated alkanes) is 4. The van der Waals surface area contributed by atoms with Crippen LogP contribution in [-0.2, 0) is 19.3 Å². The first-order valence-corrected chi connectivity index (χ1v) is 23.7. The molecule has 0 spiro atoms. The van der Waals surface area contributed by atoms with Gasteiger partial charge in [-0.2, -0.15) is 0 Å². The molecule has 3 aromatic rings. The number of nitrogens with one attached hydrogen (secondary N) is 3. The fourth-order valence-electron chi connectivity index (χ4n) is 9.54. The molecule has 6 rings (SSSR count). The van der Waals surface area contributed by atoms with Crippen LogP contribution in [0, 0.1) is 5.92 Å². The summed E-state index contributed by atoms with van der Waals surface area (Å²) in [4.78, 5) is 0. The highest BCUT2D eigenvalue weighted by molar-refractivity contribution is 5.86. The van der Waals surface area contributed by atoms with Gasteiger partial charge in [0, 0.05) is 18.1 Å². The molecule has 3 aliphatic rings. The summed E-state index contributed by atoms with van der Waals surface area (Å²) < 4.78 is 36.2. The third kappa shape index (κ3) is 17.2. The van der Waals surface area contributed by atoms with E-state index in [-0.39, 0.29) is 53.6 Å². The molecule has 15 heteroatoms. The highest BCUT2D eigenvalue weighted by Gasteiger charge is 2.28. The molecule has 0 fully saturated rings. The van der Waals surface area contributed by atoms with Crippen molar-refractivity contribution >= 4 is 37.2 Å². The van der Waals surface area contributed by atoms with E-state index in [9.17, 15) is 0 Å². The Bertz CT molecular complexity index is 1710. The van der Waals surface area contributed by atoms with E-state index in [2.05, 4.69) is 73.1 Å². The van der Waals surface area contributed by atoms with Crippen LogP contribution in [0.4, 0.5) is 0 Å². The number of hydrogen-bond acceptors (Lipinski definition) is 9. The van der Waals surface area contributed by atoms with Crippen LogP contribution in [0.25, 0.3) is 0 Å². The fraction of sp³-hybridized carbons (Fsp3) is 0.647. The van der Waals surface area contributed by atoms with Crippen molar-refractivity contribution in [2.24, 2.45) is 5.92 Å². The van der Waals surface area contributed by atoms with Gasteiger partial charge in [-0.25, -0.2) is 0 Å². The zero-order valence-corrected chi connectivity index (χ0v) is 43.2. The summed E-state index contributed by atoms with van der Waals surface area (Å²) in [5.41, 5.74) is 8.33. The minimum atomic E-state index is 0. The Kier molecular flexibility index (Phi) is 32.1. The van der Waals surface area contributed by atoms with E-state index in [4.69, 9.17) is 28.4 Å². The molecule has 0 saturated heterocycles. The predicted octanol–water partition coefficient (Wildman–Crippen LogP) is 9.74. The highest BCUT2D eigenvalue weighted by Crippen LogP contribution is 2.41. The molecule has 9 N–H and O–H groups in total. The van der Waals surface area contributed by atoms with E-state index in [1.165, 1.54) is 65.5 Å². The zero-order chi connectivity index (χ0) is 42.1. The smallest absolute Gasteiger partial charge is 0.161 e. The Balaban J connectivity index is 0.00000704. The molecule has 3 aromatic carbocycles. The van der Waals surface area contributed by atoms with Gasteiger partial charge in [0.15, 0.2) is 34.5 Å². The lowest BCUT2D eigenvalue weighted by Gasteiger charge is -2.31. The van der Waals surface area contributed by atoms with Crippen molar-refractivity contribution in [1.29, 1.82) is 0 Å². The average Bonchev–Trinajstić information content (AvgIpc) is 3.27. The second-order valence-corrected chi connectivity index (χ2v) is 17.3. The van der Waals surface area contributed by atoms with Crippen LogP contribution in [0.5, 0.6) is 34.5 Å². The van der Waals surface area contributed by atoms with Gasteiger partial charge in [-0.3, -0.25) is 0 Å². The SMILES string of the molecule is CCCCOc1cc2c(cc1OC)CCNC2CCCCC(CCC1NCCc2cc(OC)c(OCCCC)cc21)CCC1NCCc2cc(OC)c(OCCCC)cc21.Cl.Cl.Cl.O.O.O. The van der Waals surface area contributed by atoms with Crippen molar-refractivity contribution in [2.45, 2.75) is 148 Å². The Morgan fingerprint density at radius 3 is 1.09 bits per heavy atom. The van der Waals surface area contributed by atoms with Gasteiger partial charge in [0.05, 0.1) is 41.2 Å². The van der Waals surface area contributed by atoms with Crippen LogP contribution in [0.1, 0.15) is 162 Å². The van der Waals surface area contributed by atoms with Gasteiger partial charge in [-0.15, -0.1) is 37.2 Å². The molecule has 0 aliphatic carbocycles. The van der Waals surface area contributed by atoms with Crippen molar-refractivity contribution in [3.8, 4) is 34.5 Å². The summed E-state index contributed by atoms with van der Waals surface area (Å²) in [7, 11) is 5.27. The Morgan fingerprint density at radius 2 is 0.773 bits per heavy atom. The van der Waals surface area contributed by atoms with E-state index in [1.54, 1.807) is 21.3 Å². The van der Waals surface area contributed by atoms with Crippen molar-refractivity contribution < 1.29 is 44.8 Å². The van der Waals surface area contributed by atoms with E-state index in [0.29, 0.717) is 37.3 Å². The molecule has 0 amide bonds. The van der Waals surface area contributed by atoms with Gasteiger partial charge in [0.2, 0.25) is 0 Å². The molecule has 66 heavy (non-hydrogen) atoms. The number of hydrogen-bond donors (Lipinski definition) is 3. The fourth-order valence-corrected chi connectivity index (χ4v) is 9.54. The average molecular weight is 992 g/mol. The number of fused-ring (bicyclic) bond motifs is 3. The quantitative estimate of drug-likeness (QED) is 0.0659. The zero-order valence-electron chi connectivity index (χ0n) is 40.7. The lowest BCUT2D eigenvalue weighted by atomic mass is 9.83. The van der Waals surface area contributed by atoms with Crippen molar-refractivity contribution in [3.63, 3.8) is 0 Å². The second kappa shape index (κ2) is 33.6. The van der Waals surface area contributed by atoms with E-state index in [0.717, 1.165) is 138 Å². The van der Waals surface area contributed by atoms with E-state index in [1.807, 2.05) is 0 Å². The van der Waals surface area contributed by atoms with Gasteiger partial charge < -0.3 is 60.8 Å². The molecular weight excluding hydrogens is 905 g/mol. The number of methoxy groups -OCH3 is 3. The topological polar surface area (TPSA) is 186 Å². The van der Waals surface area contributed by atoms with Gasteiger partial charge in [-0.1, -0.05) is 59.3 Å². The predicted molar refractivity (Wildman–Crippen MR) is 277 cm³/mol. The minimum absolute atomic E-state index is 0. The number of benzene rings is 3. The molecule has 3 unspecified atom stereocenters. The normalized spacial score (nSPS) is 17.1. The monoisotopic (exact) mass is 990 g/mol. The first kappa shape index (κ1) is 63.1. The third-order valence-corrected chi connectivity index (χ3v) is 13.1. The van der Waals surface area contributed by atoms with Crippen LogP contribution < -0.4 is 44.4 Å². The van der Waals surface area contributed by atoms with E-state index >= 15 is 0 Å². The Hall–Kier alpha value is -2.91. The maximum atomic E-state index is 6.28. The molecule has 3 atom stereocenters. The highest BCUT2D eigenvalue weighted by atomic mass is 35.5. The molecule has 3 aliphatic heterocycles. The molecular formula is C51H86Cl3N3O9. The summed E-state index contributed by atoms with van der Waals surface area (Å²) in [6.07, 6.45) is 18.9. The standard InChI is InChI=1S/C51H77N3O6.3ClH.3H2O/c1-7-10-27-58-49-33-40-37(30-46(49)55-4)21-24-52-43(40)16-14-13-15-36(17-19-44-41-34-50(59-28-11-8-2)47(56-5)31-38(41)22-25-53-44)18-20-45-42-35-51(60-29-12-9-3)48(57-6)32-39(42)23-26-54-45;;;;;;/h30-36,43-45,52-54H,7-29H2,1-6H3;3*1H;3*1H2. The largest absolute Gasteiger partial charge is 0.493 e. The van der Waals surface area contributed by atoms with Gasteiger partial charge in [0.25, 0.3) is 0 Å².